The predicted octanol–water partition coefficient (Wildman–Crippen LogP) is -0.700. The van der Waals surface area contributed by atoms with Crippen molar-refractivity contribution in [3.8, 4) is 0 Å². The third-order valence-corrected chi connectivity index (χ3v) is 1.79. The van der Waals surface area contributed by atoms with Crippen molar-refractivity contribution in [2.45, 2.75) is 18.9 Å². The van der Waals surface area contributed by atoms with Crippen molar-refractivity contribution in [3.05, 3.63) is 0 Å². The number of rotatable bonds is 1. The molecule has 0 aromatic rings. The van der Waals surface area contributed by atoms with Crippen LogP contribution in [0.15, 0.2) is 0 Å². The normalized spacial score (nSPS) is 34.9. The maximum absolute atomic E-state index is 10.7. The predicted molar refractivity (Wildman–Crippen MR) is 33.1 cm³/mol. The van der Waals surface area contributed by atoms with Crippen LogP contribution in [0.5, 0.6) is 0 Å². The Labute approximate surface area is 54.1 Å². The lowest BCUT2D eigenvalue weighted by Gasteiger charge is -2.15. The van der Waals surface area contributed by atoms with Crippen LogP contribution in [0.2, 0.25) is 0 Å². The zero-order chi connectivity index (χ0) is 6.91. The maximum Gasteiger partial charge on any atom is 0.162 e. The average molecular weight is 129 g/mol. The van der Waals surface area contributed by atoms with Gasteiger partial charge in [-0.1, -0.05) is 0 Å². The molecule has 0 saturated carbocycles. The van der Waals surface area contributed by atoms with Crippen LogP contribution in [0, 0.1) is 0 Å². The van der Waals surface area contributed by atoms with E-state index in [1.165, 1.54) is 6.92 Å². The van der Waals surface area contributed by atoms with Gasteiger partial charge in [-0.2, -0.15) is 0 Å². The fraction of sp³-hybridized carbons (Fsp3) is 0.833. The van der Waals surface area contributed by atoms with Gasteiger partial charge in [-0.15, -0.1) is 0 Å². The summed E-state index contributed by atoms with van der Waals surface area (Å²) in [5, 5.41) is 12.3. The first kappa shape index (κ1) is 6.71. The zero-order valence-electron chi connectivity index (χ0n) is 5.48. The van der Waals surface area contributed by atoms with Gasteiger partial charge < -0.3 is 10.4 Å². The molecule has 0 bridgehead atoms. The van der Waals surface area contributed by atoms with Crippen LogP contribution in [0.25, 0.3) is 0 Å². The van der Waals surface area contributed by atoms with Crippen molar-refractivity contribution in [1.82, 2.24) is 5.32 Å². The smallest absolute Gasteiger partial charge is 0.162 e. The van der Waals surface area contributed by atoms with E-state index in [2.05, 4.69) is 5.32 Å². The lowest BCUT2D eigenvalue weighted by Crippen LogP contribution is -2.38. The molecule has 0 unspecified atom stereocenters. The van der Waals surface area contributed by atoms with E-state index in [1.807, 2.05) is 0 Å². The van der Waals surface area contributed by atoms with E-state index >= 15 is 0 Å². The van der Waals surface area contributed by atoms with Crippen molar-refractivity contribution in [3.63, 3.8) is 0 Å². The molecule has 1 aliphatic heterocycles. The summed E-state index contributed by atoms with van der Waals surface area (Å²) in [4.78, 5) is 10.7. The van der Waals surface area contributed by atoms with Gasteiger partial charge in [-0.3, -0.25) is 4.79 Å². The van der Waals surface area contributed by atoms with E-state index in [9.17, 15) is 9.90 Å². The second-order valence-corrected chi connectivity index (χ2v) is 2.51. The van der Waals surface area contributed by atoms with Crippen molar-refractivity contribution >= 4 is 5.78 Å². The van der Waals surface area contributed by atoms with Gasteiger partial charge >= 0.3 is 0 Å². The molecule has 0 aromatic heterocycles. The highest BCUT2D eigenvalue weighted by atomic mass is 16.3. The maximum atomic E-state index is 10.7. The Morgan fingerprint density at radius 2 is 2.44 bits per heavy atom. The van der Waals surface area contributed by atoms with E-state index in [-0.39, 0.29) is 5.78 Å². The first-order valence-electron chi connectivity index (χ1n) is 3.09. The van der Waals surface area contributed by atoms with Gasteiger partial charge in [0.1, 0.15) is 5.60 Å². The molecule has 0 aromatic carbocycles. The van der Waals surface area contributed by atoms with E-state index in [4.69, 9.17) is 0 Å². The van der Waals surface area contributed by atoms with E-state index in [0.29, 0.717) is 13.0 Å². The number of carbonyl (C=O) groups is 1. The largest absolute Gasteiger partial charge is 0.381 e. The third-order valence-electron chi connectivity index (χ3n) is 1.79. The van der Waals surface area contributed by atoms with Crippen LogP contribution in [0.3, 0.4) is 0 Å². The minimum absolute atomic E-state index is 0.132. The summed E-state index contributed by atoms with van der Waals surface area (Å²) in [6.07, 6.45) is 0.558. The molecule has 1 aliphatic rings. The quantitative estimate of drug-likeness (QED) is 0.492. The Hall–Kier alpha value is -0.410. The standard InChI is InChI=1S/C6H11NO2/c1-5(8)6(9)2-3-7-4-6/h7,9H,2-4H2,1H3/t6-/m1/s1. The fourth-order valence-electron chi connectivity index (χ4n) is 0.979. The SMILES string of the molecule is CC(=O)[C@@]1(O)CCNC1. The number of β-amino-alcohol motifs (C(OH)–C–C–N with tert-alkyl or cyclic N) is 1. The van der Waals surface area contributed by atoms with Crippen LogP contribution >= 0.6 is 0 Å². The lowest BCUT2D eigenvalue weighted by molar-refractivity contribution is -0.133. The van der Waals surface area contributed by atoms with Crippen molar-refractivity contribution in [2.24, 2.45) is 0 Å². The molecule has 3 heteroatoms. The number of ketones is 1. The topological polar surface area (TPSA) is 49.3 Å². The lowest BCUT2D eigenvalue weighted by atomic mass is 9.99. The van der Waals surface area contributed by atoms with Gasteiger partial charge in [-0.05, 0) is 19.9 Å². The third kappa shape index (κ3) is 1.11. The number of nitrogens with one attached hydrogen (secondary N) is 1. The second kappa shape index (κ2) is 2.08. The van der Waals surface area contributed by atoms with Gasteiger partial charge in [0.2, 0.25) is 0 Å². The molecular formula is C6H11NO2. The number of hydrogen-bond donors (Lipinski definition) is 2. The molecule has 3 nitrogen and oxygen atoms in total. The molecule has 0 spiro atoms. The Balaban J connectivity index is 2.61. The molecule has 0 aliphatic carbocycles. The minimum atomic E-state index is -1.06. The Kier molecular flexibility index (Phi) is 1.55. The molecule has 1 heterocycles. The summed E-state index contributed by atoms with van der Waals surface area (Å²) in [6.45, 7) is 2.59. The molecule has 0 amide bonds. The van der Waals surface area contributed by atoms with Gasteiger partial charge in [0.25, 0.3) is 0 Å². The van der Waals surface area contributed by atoms with Crippen LogP contribution in [0.1, 0.15) is 13.3 Å². The Morgan fingerprint density at radius 1 is 1.78 bits per heavy atom. The number of carbonyl (C=O) groups excluding carboxylic acids is 1. The molecule has 9 heavy (non-hydrogen) atoms. The van der Waals surface area contributed by atoms with Crippen molar-refractivity contribution in [2.75, 3.05) is 13.1 Å². The second-order valence-electron chi connectivity index (χ2n) is 2.51. The molecule has 1 fully saturated rings. The fourth-order valence-corrected chi connectivity index (χ4v) is 0.979. The summed E-state index contributed by atoms with van der Waals surface area (Å²) < 4.78 is 0. The molecular weight excluding hydrogens is 118 g/mol. The van der Waals surface area contributed by atoms with Gasteiger partial charge in [0.15, 0.2) is 5.78 Å². The van der Waals surface area contributed by atoms with Crippen LogP contribution in [-0.4, -0.2) is 29.6 Å². The first-order valence-corrected chi connectivity index (χ1v) is 3.09. The summed E-state index contributed by atoms with van der Waals surface area (Å²) in [5.74, 6) is -0.132. The molecule has 1 atom stereocenters. The molecule has 52 valence electrons. The molecule has 1 saturated heterocycles. The Bertz CT molecular complexity index is 127. The highest BCUT2D eigenvalue weighted by Crippen LogP contribution is 2.14. The zero-order valence-corrected chi connectivity index (χ0v) is 5.48. The van der Waals surface area contributed by atoms with Gasteiger partial charge in [0, 0.05) is 6.54 Å². The van der Waals surface area contributed by atoms with E-state index in [1.54, 1.807) is 0 Å². The first-order chi connectivity index (χ1) is 4.15. The summed E-state index contributed by atoms with van der Waals surface area (Å²) >= 11 is 0. The van der Waals surface area contributed by atoms with Crippen molar-refractivity contribution in [1.29, 1.82) is 0 Å². The van der Waals surface area contributed by atoms with Crippen molar-refractivity contribution < 1.29 is 9.90 Å². The summed E-state index contributed by atoms with van der Waals surface area (Å²) in [7, 11) is 0. The number of aliphatic hydroxyl groups is 1. The summed E-state index contributed by atoms with van der Waals surface area (Å²) in [5.41, 5.74) is -1.06. The molecule has 2 N–H and O–H groups in total. The summed E-state index contributed by atoms with van der Waals surface area (Å²) in [6, 6.07) is 0. The Morgan fingerprint density at radius 3 is 2.67 bits per heavy atom. The minimum Gasteiger partial charge on any atom is -0.381 e. The highest BCUT2D eigenvalue weighted by Gasteiger charge is 2.35. The van der Waals surface area contributed by atoms with Crippen LogP contribution in [0.4, 0.5) is 0 Å². The van der Waals surface area contributed by atoms with E-state index in [0.717, 1.165) is 6.54 Å². The average Bonchev–Trinajstić information content (AvgIpc) is 2.16. The molecule has 1 rings (SSSR count). The molecule has 0 radical (unpaired) electrons. The van der Waals surface area contributed by atoms with E-state index < -0.39 is 5.60 Å². The van der Waals surface area contributed by atoms with Gasteiger partial charge in [-0.25, -0.2) is 0 Å². The monoisotopic (exact) mass is 129 g/mol. The number of Topliss-reactive ketones (excluding diaryl/α,β-unsaturated/α-hetero) is 1. The van der Waals surface area contributed by atoms with Crippen LogP contribution in [-0.2, 0) is 4.79 Å². The van der Waals surface area contributed by atoms with Crippen LogP contribution < -0.4 is 5.32 Å². The van der Waals surface area contributed by atoms with Gasteiger partial charge in [0.05, 0.1) is 0 Å². The highest BCUT2D eigenvalue weighted by molar-refractivity contribution is 5.85. The number of hydrogen-bond acceptors (Lipinski definition) is 3.